The molecule has 0 spiro atoms. The van der Waals surface area contributed by atoms with E-state index < -0.39 is 60.6 Å². The number of thioether (sulfide) groups is 1. The molecule has 2 aliphatic heterocycles. The Kier molecular flexibility index (Phi) is 11.0. The molecular weight excluding hydrogens is 603 g/mol. The number of hydrogen-bond donors (Lipinski definition) is 1. The molecule has 2 saturated heterocycles. The Hall–Kier alpha value is -2.32. The maximum atomic E-state index is 15.6. The number of alkyl halides is 2. The number of fused-ring (bicyclic) bond motifs is 1. The van der Waals surface area contributed by atoms with Crippen LogP contribution in [0.25, 0.3) is 0 Å². The number of esters is 1. The largest absolute Gasteiger partial charge is 0.467 e. The van der Waals surface area contributed by atoms with Crippen LogP contribution in [0.2, 0.25) is 10.0 Å². The predicted octanol–water partition coefficient (Wildman–Crippen LogP) is 6.31. The Morgan fingerprint density at radius 1 is 1.22 bits per heavy atom. The number of nitrogens with zero attached hydrogens (tertiary/aromatic N) is 2. The van der Waals surface area contributed by atoms with Gasteiger partial charge in [0, 0.05) is 10.5 Å². The highest BCUT2D eigenvalue weighted by atomic mass is 35.5. The Morgan fingerprint density at radius 3 is 2.59 bits per heavy atom. The molecule has 2 heterocycles. The number of ether oxygens (including phenoxy) is 5. The summed E-state index contributed by atoms with van der Waals surface area (Å²) in [5.74, 6) is -0.708. The minimum Gasteiger partial charge on any atom is -0.467 e. The first-order valence-electron chi connectivity index (χ1n) is 12.6. The van der Waals surface area contributed by atoms with Crippen molar-refractivity contribution in [2.45, 2.75) is 66.5 Å². The molecule has 2 aliphatic rings. The number of hydrogen-bond acceptors (Lipinski definition) is 9. The zero-order valence-corrected chi connectivity index (χ0v) is 24.4. The van der Waals surface area contributed by atoms with E-state index in [2.05, 4.69) is 11.8 Å². The van der Waals surface area contributed by atoms with Crippen molar-refractivity contribution >= 4 is 40.9 Å². The fraction of sp³-hybridized carbons (Fsp3) is 0.444. The second-order valence-corrected chi connectivity index (χ2v) is 11.2. The monoisotopic (exact) mass is 631 g/mol. The average Bonchev–Trinajstić information content (AvgIpc) is 2.99. The van der Waals surface area contributed by atoms with Gasteiger partial charge in [-0.2, -0.15) is 5.53 Å². The van der Waals surface area contributed by atoms with Crippen molar-refractivity contribution in [1.29, 1.82) is 5.53 Å². The van der Waals surface area contributed by atoms with Crippen molar-refractivity contribution in [3.63, 3.8) is 0 Å². The first-order chi connectivity index (χ1) is 19.7. The summed E-state index contributed by atoms with van der Waals surface area (Å²) < 4.78 is 59.8. The van der Waals surface area contributed by atoms with Gasteiger partial charge in [0.2, 0.25) is 6.30 Å². The molecule has 2 aromatic rings. The van der Waals surface area contributed by atoms with E-state index in [4.69, 9.17) is 52.4 Å². The number of methoxy groups -OCH3 is 1. The zero-order valence-electron chi connectivity index (χ0n) is 22.1. The maximum absolute atomic E-state index is 15.6. The number of carbonyl (C=O) groups excluding carboxylic acids is 1. The number of carbonyl (C=O) groups is 1. The molecule has 2 fully saturated rings. The molecule has 0 saturated carbocycles. The molecular formula is C27H29Cl2F2N3O6S. The van der Waals surface area contributed by atoms with Crippen LogP contribution in [0.15, 0.2) is 71.3 Å². The Morgan fingerprint density at radius 2 is 1.95 bits per heavy atom. The lowest BCUT2D eigenvalue weighted by atomic mass is 9.94. The molecule has 9 nitrogen and oxygen atoms in total. The Labute approximate surface area is 250 Å². The first-order valence-corrected chi connectivity index (χ1v) is 14.2. The smallest absolute Gasteiger partial charge is 0.334 e. The van der Waals surface area contributed by atoms with Crippen LogP contribution in [-0.4, -0.2) is 73.1 Å². The van der Waals surface area contributed by atoms with E-state index in [1.807, 2.05) is 6.07 Å². The molecule has 1 N–H and O–H groups in total. The number of benzene rings is 2. The van der Waals surface area contributed by atoms with Crippen LogP contribution < -0.4 is 0 Å². The predicted molar refractivity (Wildman–Crippen MR) is 148 cm³/mol. The van der Waals surface area contributed by atoms with Crippen LogP contribution in [-0.2, 0) is 28.5 Å². The molecule has 41 heavy (non-hydrogen) atoms. The fourth-order valence-corrected chi connectivity index (χ4v) is 6.09. The summed E-state index contributed by atoms with van der Waals surface area (Å²) in [5.41, 5.74) is 7.57. The van der Waals surface area contributed by atoms with E-state index in [0.717, 1.165) is 17.8 Å². The fourth-order valence-electron chi connectivity index (χ4n) is 4.57. The molecule has 4 unspecified atom stereocenters. The number of nitrogens with one attached hydrogen (secondary N) is 1. The quantitative estimate of drug-likeness (QED) is 0.101. The number of rotatable bonds is 11. The highest BCUT2D eigenvalue weighted by Crippen LogP contribution is 2.43. The Balaban J connectivity index is 1.77. The summed E-state index contributed by atoms with van der Waals surface area (Å²) in [4.78, 5) is 13.0. The zero-order chi connectivity index (χ0) is 29.7. The Bertz CT molecular complexity index is 1220. The summed E-state index contributed by atoms with van der Waals surface area (Å²) in [6, 6.07) is 12.7. The number of halogens is 4. The molecule has 14 heteroatoms. The van der Waals surface area contributed by atoms with Crippen molar-refractivity contribution in [1.82, 2.24) is 5.01 Å². The molecule has 0 aliphatic carbocycles. The first kappa shape index (κ1) is 31.6. The SMILES string of the molecule is C=CC(F)C(F)N(N=N)[C@@H]1[C@@H](OC(C)C(=O)OC)[C@@H](Sc2ccc(Cl)c(Cl)c2)O[C@@H]2COC(c3ccccc3)O[C@H]12. The molecule has 0 radical (unpaired) electrons. The molecule has 0 amide bonds. The van der Waals surface area contributed by atoms with E-state index in [1.54, 1.807) is 42.5 Å². The third-order valence-corrected chi connectivity index (χ3v) is 8.46. The van der Waals surface area contributed by atoms with Gasteiger partial charge in [0.25, 0.3) is 0 Å². The van der Waals surface area contributed by atoms with Gasteiger partial charge in [-0.3, -0.25) is 0 Å². The molecule has 222 valence electrons. The molecule has 4 rings (SSSR count). The third kappa shape index (κ3) is 7.19. The third-order valence-electron chi connectivity index (χ3n) is 6.58. The minimum atomic E-state index is -2.43. The average molecular weight is 633 g/mol. The maximum Gasteiger partial charge on any atom is 0.334 e. The molecule has 0 bridgehead atoms. The van der Waals surface area contributed by atoms with Crippen LogP contribution in [0.4, 0.5) is 8.78 Å². The summed E-state index contributed by atoms with van der Waals surface area (Å²) in [7, 11) is 1.20. The highest BCUT2D eigenvalue weighted by molar-refractivity contribution is 7.99. The van der Waals surface area contributed by atoms with Gasteiger partial charge in [-0.15, -0.1) is 6.58 Å². The second kappa shape index (κ2) is 14.2. The van der Waals surface area contributed by atoms with Gasteiger partial charge >= 0.3 is 5.97 Å². The molecule has 9 atom stereocenters. The summed E-state index contributed by atoms with van der Waals surface area (Å²) in [6.45, 7) is 4.79. The lowest BCUT2D eigenvalue weighted by Crippen LogP contribution is -2.67. The van der Waals surface area contributed by atoms with Crippen molar-refractivity contribution in [2.75, 3.05) is 13.7 Å². The van der Waals surface area contributed by atoms with Crippen LogP contribution in [0.1, 0.15) is 18.8 Å². The van der Waals surface area contributed by atoms with E-state index in [-0.39, 0.29) is 11.6 Å². The van der Waals surface area contributed by atoms with Crippen LogP contribution in [0.3, 0.4) is 0 Å². The van der Waals surface area contributed by atoms with Gasteiger partial charge in [-0.25, -0.2) is 18.6 Å². The standard InChI is InChI=1S/C27H29Cl2F2N3O6S/c1-4-19(30)24(31)34(33-32)21-22-20(13-37-26(40-22)15-8-6-5-7-9-15)39-27(23(21)38-14(2)25(35)36-3)41-16-10-11-17(28)18(29)12-16/h4-12,14,19-24,26-27,32H,1,13H2,2-3H3/t14?,19?,20-,21+,22+,23-,24?,26?,27-/m1/s1. The van der Waals surface area contributed by atoms with E-state index in [9.17, 15) is 9.18 Å². The molecule has 0 aromatic heterocycles. The van der Waals surface area contributed by atoms with E-state index >= 15 is 4.39 Å². The van der Waals surface area contributed by atoms with Crippen LogP contribution in [0.5, 0.6) is 0 Å². The normalized spacial score (nSPS) is 28.0. The second-order valence-electron chi connectivity index (χ2n) is 9.20. The minimum absolute atomic E-state index is 0.0156. The van der Waals surface area contributed by atoms with Gasteiger partial charge in [-0.05, 0) is 25.1 Å². The highest BCUT2D eigenvalue weighted by Gasteiger charge is 2.55. The lowest BCUT2D eigenvalue weighted by Gasteiger charge is -2.52. The van der Waals surface area contributed by atoms with Gasteiger partial charge in [0.1, 0.15) is 29.8 Å². The van der Waals surface area contributed by atoms with Crippen molar-refractivity contribution < 1.29 is 37.3 Å². The van der Waals surface area contributed by atoms with Gasteiger partial charge in [0.05, 0.1) is 23.8 Å². The molecule has 2 aromatic carbocycles. The van der Waals surface area contributed by atoms with E-state index in [0.29, 0.717) is 20.5 Å². The van der Waals surface area contributed by atoms with Gasteiger partial charge < -0.3 is 23.7 Å². The lowest BCUT2D eigenvalue weighted by molar-refractivity contribution is -0.320. The summed E-state index contributed by atoms with van der Waals surface area (Å²) >= 11 is 13.5. The van der Waals surface area contributed by atoms with E-state index in [1.165, 1.54) is 14.0 Å². The van der Waals surface area contributed by atoms with Gasteiger partial charge in [-0.1, -0.05) is 76.6 Å². The summed E-state index contributed by atoms with van der Waals surface area (Å²) in [5, 5.41) is 4.61. The van der Waals surface area contributed by atoms with Gasteiger partial charge in [0.15, 0.2) is 18.6 Å². The van der Waals surface area contributed by atoms with Crippen LogP contribution in [0, 0.1) is 5.53 Å². The van der Waals surface area contributed by atoms with Crippen molar-refractivity contribution in [3.05, 3.63) is 76.8 Å². The topological polar surface area (TPSA) is 103 Å². The van der Waals surface area contributed by atoms with Crippen molar-refractivity contribution in [3.8, 4) is 0 Å². The summed E-state index contributed by atoms with van der Waals surface area (Å²) in [6.07, 6.45) is -8.94. The van der Waals surface area contributed by atoms with Crippen molar-refractivity contribution in [2.24, 2.45) is 5.22 Å². The van der Waals surface area contributed by atoms with Crippen LogP contribution >= 0.6 is 35.0 Å².